The Hall–Kier alpha value is -1.88. The first kappa shape index (κ1) is 12.2. The standard InChI is InChI=1S/C14H18N4O/c1-11-14(5-6-19-11)17-13-4-2-3-12(7-13)8-18-10-15-9-16-18/h2-4,7,9-11,14,17H,5-6,8H2,1H3. The van der Waals surface area contributed by atoms with Crippen molar-refractivity contribution in [1.82, 2.24) is 14.8 Å². The van der Waals surface area contributed by atoms with Gasteiger partial charge in [0, 0.05) is 12.3 Å². The number of anilines is 1. The van der Waals surface area contributed by atoms with Gasteiger partial charge in [-0.05, 0) is 31.0 Å². The van der Waals surface area contributed by atoms with E-state index in [4.69, 9.17) is 4.74 Å². The molecule has 2 heterocycles. The van der Waals surface area contributed by atoms with Crippen molar-refractivity contribution >= 4 is 5.69 Å². The summed E-state index contributed by atoms with van der Waals surface area (Å²) in [7, 11) is 0. The molecule has 1 aromatic heterocycles. The number of benzene rings is 1. The highest BCUT2D eigenvalue weighted by Crippen LogP contribution is 2.19. The van der Waals surface area contributed by atoms with Gasteiger partial charge in [0.05, 0.1) is 18.7 Å². The van der Waals surface area contributed by atoms with Gasteiger partial charge >= 0.3 is 0 Å². The van der Waals surface area contributed by atoms with Gasteiger partial charge in [0.2, 0.25) is 0 Å². The van der Waals surface area contributed by atoms with Gasteiger partial charge in [0.1, 0.15) is 12.7 Å². The van der Waals surface area contributed by atoms with E-state index in [1.807, 2.05) is 4.68 Å². The first-order valence-corrected chi connectivity index (χ1v) is 6.61. The number of hydrogen-bond acceptors (Lipinski definition) is 4. The Kier molecular flexibility index (Phi) is 3.46. The van der Waals surface area contributed by atoms with E-state index in [1.54, 1.807) is 12.7 Å². The summed E-state index contributed by atoms with van der Waals surface area (Å²) in [5.41, 5.74) is 2.35. The molecule has 3 rings (SSSR count). The molecule has 100 valence electrons. The summed E-state index contributed by atoms with van der Waals surface area (Å²) < 4.78 is 7.39. The lowest BCUT2D eigenvalue weighted by atomic mass is 10.1. The Labute approximate surface area is 112 Å². The second kappa shape index (κ2) is 5.40. The Morgan fingerprint density at radius 2 is 2.42 bits per heavy atom. The largest absolute Gasteiger partial charge is 0.380 e. The van der Waals surface area contributed by atoms with Crippen molar-refractivity contribution in [2.24, 2.45) is 0 Å². The van der Waals surface area contributed by atoms with Crippen molar-refractivity contribution in [1.29, 1.82) is 0 Å². The Balaban J connectivity index is 1.69. The molecule has 0 spiro atoms. The number of nitrogens with zero attached hydrogens (tertiary/aromatic N) is 3. The highest BCUT2D eigenvalue weighted by molar-refractivity contribution is 5.47. The molecular weight excluding hydrogens is 240 g/mol. The van der Waals surface area contributed by atoms with Gasteiger partial charge in [-0.2, -0.15) is 5.10 Å². The third kappa shape index (κ3) is 2.93. The van der Waals surface area contributed by atoms with Gasteiger partial charge in [-0.25, -0.2) is 9.67 Å². The quantitative estimate of drug-likeness (QED) is 0.910. The summed E-state index contributed by atoms with van der Waals surface area (Å²) >= 11 is 0. The molecule has 0 radical (unpaired) electrons. The van der Waals surface area contributed by atoms with Crippen LogP contribution in [-0.2, 0) is 11.3 Å². The zero-order chi connectivity index (χ0) is 13.1. The molecule has 19 heavy (non-hydrogen) atoms. The van der Waals surface area contributed by atoms with E-state index in [-0.39, 0.29) is 6.10 Å². The Morgan fingerprint density at radius 3 is 3.16 bits per heavy atom. The maximum atomic E-state index is 5.57. The van der Waals surface area contributed by atoms with Gasteiger partial charge < -0.3 is 10.1 Å². The number of ether oxygens (including phenoxy) is 1. The van der Waals surface area contributed by atoms with E-state index < -0.39 is 0 Å². The molecule has 0 bridgehead atoms. The van der Waals surface area contributed by atoms with Gasteiger partial charge in [-0.15, -0.1) is 0 Å². The lowest BCUT2D eigenvalue weighted by Gasteiger charge is -2.17. The van der Waals surface area contributed by atoms with Gasteiger partial charge in [-0.3, -0.25) is 0 Å². The molecule has 0 amide bonds. The lowest BCUT2D eigenvalue weighted by molar-refractivity contribution is 0.121. The molecular formula is C14H18N4O. The molecule has 2 unspecified atom stereocenters. The highest BCUT2D eigenvalue weighted by atomic mass is 16.5. The Morgan fingerprint density at radius 1 is 1.47 bits per heavy atom. The summed E-state index contributed by atoms with van der Waals surface area (Å²) in [5.74, 6) is 0. The second-order valence-corrected chi connectivity index (χ2v) is 4.91. The molecule has 5 nitrogen and oxygen atoms in total. The predicted octanol–water partition coefficient (Wildman–Crippen LogP) is 1.92. The molecule has 5 heteroatoms. The molecule has 1 aliphatic rings. The minimum Gasteiger partial charge on any atom is -0.380 e. The molecule has 1 aliphatic heterocycles. The van der Waals surface area contributed by atoms with Crippen molar-refractivity contribution in [3.8, 4) is 0 Å². The van der Waals surface area contributed by atoms with E-state index in [9.17, 15) is 0 Å². The fourth-order valence-electron chi connectivity index (χ4n) is 2.40. The van der Waals surface area contributed by atoms with E-state index >= 15 is 0 Å². The molecule has 2 aromatic rings. The van der Waals surface area contributed by atoms with Crippen molar-refractivity contribution in [3.63, 3.8) is 0 Å². The predicted molar refractivity (Wildman–Crippen MR) is 73.0 cm³/mol. The number of nitrogens with one attached hydrogen (secondary N) is 1. The van der Waals surface area contributed by atoms with Crippen LogP contribution in [0.25, 0.3) is 0 Å². The van der Waals surface area contributed by atoms with Gasteiger partial charge in [-0.1, -0.05) is 12.1 Å². The van der Waals surface area contributed by atoms with E-state index in [2.05, 4.69) is 46.6 Å². The summed E-state index contributed by atoms with van der Waals surface area (Å²) in [6, 6.07) is 8.82. The average Bonchev–Trinajstić information content (AvgIpc) is 3.03. The zero-order valence-corrected chi connectivity index (χ0v) is 11.0. The fourth-order valence-corrected chi connectivity index (χ4v) is 2.40. The van der Waals surface area contributed by atoms with Crippen LogP contribution in [0, 0.1) is 0 Å². The first-order chi connectivity index (χ1) is 9.31. The maximum absolute atomic E-state index is 5.57. The van der Waals surface area contributed by atoms with Gasteiger partial charge in [0.15, 0.2) is 0 Å². The van der Waals surface area contributed by atoms with Crippen LogP contribution in [-0.4, -0.2) is 33.5 Å². The molecule has 1 fully saturated rings. The number of rotatable bonds is 4. The summed E-state index contributed by atoms with van der Waals surface area (Å²) in [6.45, 7) is 3.70. The topological polar surface area (TPSA) is 52.0 Å². The molecule has 0 saturated carbocycles. The molecule has 1 N–H and O–H groups in total. The van der Waals surface area contributed by atoms with Crippen molar-refractivity contribution in [2.45, 2.75) is 32.0 Å². The summed E-state index contributed by atoms with van der Waals surface area (Å²) in [6.07, 6.45) is 4.63. The SMILES string of the molecule is CC1OCCC1Nc1cccc(Cn2cncn2)c1. The van der Waals surface area contributed by atoms with Crippen LogP contribution in [0.4, 0.5) is 5.69 Å². The summed E-state index contributed by atoms with van der Waals surface area (Å²) in [4.78, 5) is 3.95. The summed E-state index contributed by atoms with van der Waals surface area (Å²) in [5, 5.41) is 7.66. The number of aromatic nitrogens is 3. The third-order valence-electron chi connectivity index (χ3n) is 3.47. The average molecular weight is 258 g/mol. The monoisotopic (exact) mass is 258 g/mol. The minimum atomic E-state index is 0.277. The van der Waals surface area contributed by atoms with E-state index in [0.29, 0.717) is 6.04 Å². The van der Waals surface area contributed by atoms with Crippen LogP contribution in [0.3, 0.4) is 0 Å². The van der Waals surface area contributed by atoms with Crippen LogP contribution < -0.4 is 5.32 Å². The normalized spacial score (nSPS) is 22.6. The zero-order valence-electron chi connectivity index (χ0n) is 11.0. The van der Waals surface area contributed by atoms with E-state index in [0.717, 1.165) is 25.3 Å². The molecule has 2 atom stereocenters. The maximum Gasteiger partial charge on any atom is 0.137 e. The molecule has 1 aromatic carbocycles. The smallest absolute Gasteiger partial charge is 0.137 e. The third-order valence-corrected chi connectivity index (χ3v) is 3.47. The molecule has 0 aliphatic carbocycles. The molecule has 1 saturated heterocycles. The van der Waals surface area contributed by atoms with E-state index in [1.165, 1.54) is 5.56 Å². The Bertz CT molecular complexity index is 526. The van der Waals surface area contributed by atoms with Gasteiger partial charge in [0.25, 0.3) is 0 Å². The highest BCUT2D eigenvalue weighted by Gasteiger charge is 2.23. The first-order valence-electron chi connectivity index (χ1n) is 6.61. The van der Waals surface area contributed by atoms with Crippen molar-refractivity contribution in [3.05, 3.63) is 42.5 Å². The van der Waals surface area contributed by atoms with Crippen molar-refractivity contribution < 1.29 is 4.74 Å². The minimum absolute atomic E-state index is 0.277. The fraction of sp³-hybridized carbons (Fsp3) is 0.429. The van der Waals surface area contributed by atoms with Crippen LogP contribution in [0.5, 0.6) is 0 Å². The van der Waals surface area contributed by atoms with Crippen molar-refractivity contribution in [2.75, 3.05) is 11.9 Å². The van der Waals surface area contributed by atoms with Crippen LogP contribution in [0.2, 0.25) is 0 Å². The second-order valence-electron chi connectivity index (χ2n) is 4.91. The number of hydrogen-bond donors (Lipinski definition) is 1. The lowest BCUT2D eigenvalue weighted by Crippen LogP contribution is -2.26. The van der Waals surface area contributed by atoms with Crippen LogP contribution in [0.15, 0.2) is 36.9 Å². The van der Waals surface area contributed by atoms with Crippen LogP contribution >= 0.6 is 0 Å². The van der Waals surface area contributed by atoms with Crippen LogP contribution in [0.1, 0.15) is 18.9 Å².